The summed E-state index contributed by atoms with van der Waals surface area (Å²) in [4.78, 5) is 16.2. The van der Waals surface area contributed by atoms with Gasteiger partial charge in [-0.2, -0.15) is 0 Å². The molecule has 108 valence electrons. The van der Waals surface area contributed by atoms with Crippen LogP contribution in [0.15, 0.2) is 35.7 Å². The Labute approximate surface area is 131 Å². The average molecular weight is 316 g/mol. The number of aryl methyl sites for hydroxylation is 1. The second kappa shape index (κ2) is 5.50. The standard InChI is InChI=1S/C16H16N2OS2/c1-10-5-3-7-12-13(17)15(21-14(10)12)16(19)18(2)9-11-6-4-8-20-11/h3-8H,9,17H2,1-2H3. The van der Waals surface area contributed by atoms with E-state index in [-0.39, 0.29) is 5.91 Å². The highest BCUT2D eigenvalue weighted by Gasteiger charge is 2.20. The fraction of sp³-hybridized carbons (Fsp3) is 0.188. The molecule has 0 saturated carbocycles. The van der Waals surface area contributed by atoms with E-state index in [0.717, 1.165) is 15.6 Å². The smallest absolute Gasteiger partial charge is 0.266 e. The summed E-state index contributed by atoms with van der Waals surface area (Å²) in [5, 5.41) is 3.00. The Bertz CT molecular complexity index is 790. The highest BCUT2D eigenvalue weighted by molar-refractivity contribution is 7.21. The van der Waals surface area contributed by atoms with Crippen molar-refractivity contribution in [1.82, 2.24) is 4.90 Å². The molecule has 3 aromatic rings. The molecule has 0 atom stereocenters. The first-order valence-electron chi connectivity index (χ1n) is 6.63. The minimum atomic E-state index is -0.0125. The lowest BCUT2D eigenvalue weighted by molar-refractivity contribution is 0.0792. The third-order valence-electron chi connectivity index (χ3n) is 3.46. The molecule has 0 aliphatic heterocycles. The van der Waals surface area contributed by atoms with Crippen LogP contribution in [0.2, 0.25) is 0 Å². The Morgan fingerprint density at radius 1 is 1.29 bits per heavy atom. The Morgan fingerprint density at radius 2 is 2.10 bits per heavy atom. The van der Waals surface area contributed by atoms with Gasteiger partial charge in [-0.3, -0.25) is 4.79 Å². The number of carbonyl (C=O) groups is 1. The highest BCUT2D eigenvalue weighted by Crippen LogP contribution is 2.36. The second-order valence-corrected chi connectivity index (χ2v) is 7.09. The van der Waals surface area contributed by atoms with Crippen LogP contribution >= 0.6 is 22.7 Å². The van der Waals surface area contributed by atoms with E-state index in [1.165, 1.54) is 16.2 Å². The van der Waals surface area contributed by atoms with Crippen LogP contribution in [0.3, 0.4) is 0 Å². The number of thiophene rings is 2. The SMILES string of the molecule is Cc1cccc2c(N)c(C(=O)N(C)Cc3cccs3)sc12. The first-order chi connectivity index (χ1) is 10.1. The van der Waals surface area contributed by atoms with Crippen molar-refractivity contribution in [2.75, 3.05) is 12.8 Å². The maximum atomic E-state index is 12.6. The van der Waals surface area contributed by atoms with Gasteiger partial charge in [-0.15, -0.1) is 22.7 Å². The number of fused-ring (bicyclic) bond motifs is 1. The molecule has 21 heavy (non-hydrogen) atoms. The quantitative estimate of drug-likeness (QED) is 0.790. The molecular weight excluding hydrogens is 300 g/mol. The molecule has 0 radical (unpaired) electrons. The number of nitrogens with zero attached hydrogens (tertiary/aromatic N) is 1. The Kier molecular flexibility index (Phi) is 3.69. The van der Waals surface area contributed by atoms with Crippen molar-refractivity contribution in [1.29, 1.82) is 0 Å². The van der Waals surface area contributed by atoms with Crippen LogP contribution < -0.4 is 5.73 Å². The Morgan fingerprint density at radius 3 is 2.76 bits per heavy atom. The summed E-state index contributed by atoms with van der Waals surface area (Å²) in [5.41, 5.74) is 7.94. The van der Waals surface area contributed by atoms with Gasteiger partial charge in [0.25, 0.3) is 5.91 Å². The zero-order valence-corrected chi connectivity index (χ0v) is 13.6. The van der Waals surface area contributed by atoms with Crippen molar-refractivity contribution < 1.29 is 4.79 Å². The molecule has 5 heteroatoms. The van der Waals surface area contributed by atoms with E-state index >= 15 is 0 Å². The average Bonchev–Trinajstić information content (AvgIpc) is 3.08. The lowest BCUT2D eigenvalue weighted by Crippen LogP contribution is -2.25. The van der Waals surface area contributed by atoms with Crippen LogP contribution in [0.1, 0.15) is 20.1 Å². The predicted octanol–water partition coefficient (Wildman–Crippen LogP) is 4.13. The number of amides is 1. The third-order valence-corrected chi connectivity index (χ3v) is 5.67. The fourth-order valence-corrected chi connectivity index (χ4v) is 4.26. The van der Waals surface area contributed by atoms with E-state index in [9.17, 15) is 4.79 Å². The van der Waals surface area contributed by atoms with Gasteiger partial charge in [0.05, 0.1) is 12.2 Å². The summed E-state index contributed by atoms with van der Waals surface area (Å²) in [6, 6.07) is 10.0. The molecule has 1 aromatic carbocycles. The van der Waals surface area contributed by atoms with Crippen molar-refractivity contribution in [3.05, 3.63) is 51.0 Å². The molecule has 0 saturated heterocycles. The fourth-order valence-electron chi connectivity index (χ4n) is 2.32. The molecule has 2 aromatic heterocycles. The van der Waals surface area contributed by atoms with E-state index in [0.29, 0.717) is 17.1 Å². The van der Waals surface area contributed by atoms with Gasteiger partial charge >= 0.3 is 0 Å². The summed E-state index contributed by atoms with van der Waals surface area (Å²) >= 11 is 3.14. The van der Waals surface area contributed by atoms with Crippen molar-refractivity contribution in [2.45, 2.75) is 13.5 Å². The van der Waals surface area contributed by atoms with Crippen molar-refractivity contribution in [2.24, 2.45) is 0 Å². The number of anilines is 1. The van der Waals surface area contributed by atoms with E-state index in [4.69, 9.17) is 5.73 Å². The molecule has 0 bridgehead atoms. The molecule has 0 aliphatic carbocycles. The number of benzene rings is 1. The van der Waals surface area contributed by atoms with Crippen LogP contribution in [0.4, 0.5) is 5.69 Å². The number of hydrogen-bond acceptors (Lipinski definition) is 4. The summed E-state index contributed by atoms with van der Waals surface area (Å²) in [6.07, 6.45) is 0. The zero-order valence-electron chi connectivity index (χ0n) is 11.9. The van der Waals surface area contributed by atoms with E-state index in [2.05, 4.69) is 0 Å². The monoisotopic (exact) mass is 316 g/mol. The summed E-state index contributed by atoms with van der Waals surface area (Å²) in [6.45, 7) is 2.66. The first-order valence-corrected chi connectivity index (χ1v) is 8.33. The number of nitrogens with two attached hydrogens (primary N) is 1. The summed E-state index contributed by atoms with van der Waals surface area (Å²) in [5.74, 6) is -0.0125. The van der Waals surface area contributed by atoms with Crippen LogP contribution in [-0.4, -0.2) is 17.9 Å². The van der Waals surface area contributed by atoms with Gasteiger partial charge in [0.1, 0.15) is 4.88 Å². The number of rotatable bonds is 3. The van der Waals surface area contributed by atoms with E-state index < -0.39 is 0 Å². The topological polar surface area (TPSA) is 46.3 Å². The first kappa shape index (κ1) is 14.1. The molecule has 0 aliphatic rings. The minimum absolute atomic E-state index is 0.0125. The van der Waals surface area contributed by atoms with E-state index in [1.807, 2.05) is 49.7 Å². The van der Waals surface area contributed by atoms with Crippen LogP contribution in [-0.2, 0) is 6.54 Å². The molecule has 0 spiro atoms. The number of nitrogen functional groups attached to an aromatic ring is 1. The van der Waals surface area contributed by atoms with Gasteiger partial charge in [-0.25, -0.2) is 0 Å². The molecule has 2 N–H and O–H groups in total. The largest absolute Gasteiger partial charge is 0.397 e. The molecule has 3 rings (SSSR count). The molecule has 2 heterocycles. The van der Waals surface area contributed by atoms with Gasteiger partial charge in [0.2, 0.25) is 0 Å². The summed E-state index contributed by atoms with van der Waals surface area (Å²) < 4.78 is 1.10. The van der Waals surface area contributed by atoms with Gasteiger partial charge in [-0.1, -0.05) is 24.3 Å². The molecule has 0 unspecified atom stereocenters. The second-order valence-electron chi connectivity index (χ2n) is 5.04. The van der Waals surface area contributed by atoms with E-state index in [1.54, 1.807) is 16.2 Å². The number of hydrogen-bond donors (Lipinski definition) is 1. The number of carbonyl (C=O) groups excluding carboxylic acids is 1. The van der Waals surface area contributed by atoms with Crippen molar-refractivity contribution in [3.63, 3.8) is 0 Å². The summed E-state index contributed by atoms with van der Waals surface area (Å²) in [7, 11) is 1.82. The van der Waals surface area contributed by atoms with Crippen LogP contribution in [0, 0.1) is 6.92 Å². The maximum Gasteiger partial charge on any atom is 0.266 e. The zero-order chi connectivity index (χ0) is 15.0. The van der Waals surface area contributed by atoms with Crippen LogP contribution in [0.25, 0.3) is 10.1 Å². The molecule has 1 amide bonds. The predicted molar refractivity (Wildman–Crippen MR) is 91.1 cm³/mol. The third kappa shape index (κ3) is 2.54. The highest BCUT2D eigenvalue weighted by atomic mass is 32.1. The Hall–Kier alpha value is -1.85. The lowest BCUT2D eigenvalue weighted by atomic mass is 10.1. The van der Waals surface area contributed by atoms with Gasteiger partial charge in [-0.05, 0) is 23.9 Å². The van der Waals surface area contributed by atoms with Gasteiger partial charge < -0.3 is 10.6 Å². The molecular formula is C16H16N2OS2. The van der Waals surface area contributed by atoms with Crippen molar-refractivity contribution in [3.8, 4) is 0 Å². The molecule has 3 nitrogen and oxygen atoms in total. The minimum Gasteiger partial charge on any atom is -0.397 e. The van der Waals surface area contributed by atoms with Crippen LogP contribution in [0.5, 0.6) is 0 Å². The van der Waals surface area contributed by atoms with Crippen molar-refractivity contribution >= 4 is 44.4 Å². The van der Waals surface area contributed by atoms with Gasteiger partial charge in [0, 0.05) is 22.0 Å². The molecule has 0 fully saturated rings. The normalized spacial score (nSPS) is 11.0. The Balaban J connectivity index is 1.94. The maximum absolute atomic E-state index is 12.6. The lowest BCUT2D eigenvalue weighted by Gasteiger charge is -2.15. The van der Waals surface area contributed by atoms with Gasteiger partial charge in [0.15, 0.2) is 0 Å².